The fourth-order valence-corrected chi connectivity index (χ4v) is 3.87. The number of carbonyl (C=O) groups is 3. The molecule has 0 spiro atoms. The van der Waals surface area contributed by atoms with Crippen molar-refractivity contribution in [3.63, 3.8) is 0 Å². The van der Waals surface area contributed by atoms with Crippen LogP contribution in [-0.4, -0.2) is 41.3 Å². The van der Waals surface area contributed by atoms with E-state index >= 15 is 0 Å². The highest BCUT2D eigenvalue weighted by Gasteiger charge is 2.16. The van der Waals surface area contributed by atoms with Crippen LogP contribution >= 0.6 is 0 Å². The number of nitrogens with one attached hydrogen (secondary N) is 1. The molecule has 0 bridgehead atoms. The molecule has 198 valence electrons. The van der Waals surface area contributed by atoms with E-state index in [4.69, 9.17) is 9.47 Å². The van der Waals surface area contributed by atoms with Crippen molar-refractivity contribution in [3.05, 3.63) is 120 Å². The van der Waals surface area contributed by atoms with Gasteiger partial charge in [-0.15, -0.1) is 0 Å². The monoisotopic (exact) mass is 523 g/mol. The van der Waals surface area contributed by atoms with Crippen molar-refractivity contribution in [1.29, 1.82) is 0 Å². The van der Waals surface area contributed by atoms with Crippen molar-refractivity contribution in [2.45, 2.75) is 19.9 Å². The Morgan fingerprint density at radius 2 is 1.49 bits per heavy atom. The number of aromatic nitrogens is 1. The van der Waals surface area contributed by atoms with Crippen LogP contribution in [0.1, 0.15) is 38.8 Å². The summed E-state index contributed by atoms with van der Waals surface area (Å²) in [4.78, 5) is 43.4. The van der Waals surface area contributed by atoms with Gasteiger partial charge in [0.25, 0.3) is 5.91 Å². The lowest BCUT2D eigenvalue weighted by atomic mass is 10.1. The van der Waals surface area contributed by atoms with Crippen LogP contribution in [0.4, 0.5) is 5.69 Å². The minimum atomic E-state index is -0.485. The van der Waals surface area contributed by atoms with Crippen LogP contribution < -0.4 is 14.8 Å². The summed E-state index contributed by atoms with van der Waals surface area (Å²) in [7, 11) is 1.60. The van der Waals surface area contributed by atoms with E-state index in [9.17, 15) is 14.4 Å². The Balaban J connectivity index is 1.31. The quantitative estimate of drug-likeness (QED) is 0.228. The molecule has 0 saturated carbocycles. The second-order valence-corrected chi connectivity index (χ2v) is 8.74. The predicted octanol–water partition coefficient (Wildman–Crippen LogP) is 5.15. The average molecular weight is 524 g/mol. The molecule has 1 aromatic heterocycles. The van der Waals surface area contributed by atoms with E-state index in [1.807, 2.05) is 43.3 Å². The molecule has 0 aliphatic rings. The van der Waals surface area contributed by atoms with Gasteiger partial charge in [0.05, 0.1) is 19.1 Å². The zero-order valence-corrected chi connectivity index (χ0v) is 21.8. The molecule has 0 aliphatic heterocycles. The fraction of sp³-hybridized carbons (Fsp3) is 0.161. The molecule has 0 unspecified atom stereocenters. The van der Waals surface area contributed by atoms with E-state index in [-0.39, 0.29) is 18.2 Å². The van der Waals surface area contributed by atoms with E-state index in [0.29, 0.717) is 35.7 Å². The number of hydrogen-bond acceptors (Lipinski definition) is 6. The first-order valence-corrected chi connectivity index (χ1v) is 12.5. The molecule has 3 aromatic carbocycles. The number of anilines is 1. The maximum absolute atomic E-state index is 13.1. The number of hydrogen-bond donors (Lipinski definition) is 1. The van der Waals surface area contributed by atoms with Gasteiger partial charge in [0.1, 0.15) is 11.5 Å². The second kappa shape index (κ2) is 13.0. The number of amides is 2. The molecule has 2 amide bonds. The summed E-state index contributed by atoms with van der Waals surface area (Å²) in [6, 6.07) is 24.5. The predicted molar refractivity (Wildman–Crippen MR) is 148 cm³/mol. The van der Waals surface area contributed by atoms with Crippen LogP contribution in [0.25, 0.3) is 0 Å². The molecule has 0 saturated heterocycles. The number of nitrogens with zero attached hydrogens (tertiary/aromatic N) is 2. The van der Waals surface area contributed by atoms with Gasteiger partial charge in [-0.05, 0) is 78.7 Å². The summed E-state index contributed by atoms with van der Waals surface area (Å²) in [5.74, 6) is 0.387. The van der Waals surface area contributed by atoms with Crippen LogP contribution in [0, 0.1) is 0 Å². The molecule has 0 atom stereocenters. The van der Waals surface area contributed by atoms with E-state index in [2.05, 4.69) is 10.3 Å². The summed E-state index contributed by atoms with van der Waals surface area (Å²) < 4.78 is 10.5. The van der Waals surface area contributed by atoms with Gasteiger partial charge in [0.2, 0.25) is 5.91 Å². The lowest BCUT2D eigenvalue weighted by molar-refractivity contribution is -0.115. The van der Waals surface area contributed by atoms with Crippen LogP contribution in [0.3, 0.4) is 0 Å². The molecule has 0 fully saturated rings. The standard InChI is InChI=1S/C31H29N3O5/c1-3-34(21-23-8-16-28(17-9-23)39-31(37)25-5-4-18-32-20-25)30(36)24-10-12-26(13-11-24)33-29(35)19-22-6-14-27(38-2)15-7-22/h4-18,20H,3,19,21H2,1-2H3,(H,33,35). The number of benzene rings is 3. The number of methoxy groups -OCH3 is 1. The molecular weight excluding hydrogens is 494 g/mol. The summed E-state index contributed by atoms with van der Waals surface area (Å²) in [6.45, 7) is 2.82. The summed E-state index contributed by atoms with van der Waals surface area (Å²) in [6.07, 6.45) is 3.27. The Labute approximate surface area is 227 Å². The number of pyridine rings is 1. The lowest BCUT2D eigenvalue weighted by Crippen LogP contribution is -2.30. The minimum Gasteiger partial charge on any atom is -0.497 e. The van der Waals surface area contributed by atoms with Gasteiger partial charge in [-0.2, -0.15) is 0 Å². The van der Waals surface area contributed by atoms with Crippen molar-refractivity contribution in [2.75, 3.05) is 19.0 Å². The summed E-state index contributed by atoms with van der Waals surface area (Å²) in [5.41, 5.74) is 3.27. The molecule has 39 heavy (non-hydrogen) atoms. The van der Waals surface area contributed by atoms with Gasteiger partial charge in [-0.25, -0.2) is 4.79 Å². The van der Waals surface area contributed by atoms with E-state index < -0.39 is 5.97 Å². The normalized spacial score (nSPS) is 10.4. The van der Waals surface area contributed by atoms with Crippen LogP contribution in [0.5, 0.6) is 11.5 Å². The van der Waals surface area contributed by atoms with Gasteiger partial charge in [-0.1, -0.05) is 24.3 Å². The highest BCUT2D eigenvalue weighted by Crippen LogP contribution is 2.18. The van der Waals surface area contributed by atoms with Crippen molar-refractivity contribution in [1.82, 2.24) is 9.88 Å². The van der Waals surface area contributed by atoms with Gasteiger partial charge in [-0.3, -0.25) is 14.6 Å². The SMILES string of the molecule is CCN(Cc1ccc(OC(=O)c2cccnc2)cc1)C(=O)c1ccc(NC(=O)Cc2ccc(OC)cc2)cc1. The van der Waals surface area contributed by atoms with Crippen molar-refractivity contribution < 1.29 is 23.9 Å². The summed E-state index contributed by atoms with van der Waals surface area (Å²) >= 11 is 0. The maximum atomic E-state index is 13.1. The van der Waals surface area contributed by atoms with E-state index in [1.165, 1.54) is 6.20 Å². The molecule has 8 heteroatoms. The minimum absolute atomic E-state index is 0.124. The zero-order chi connectivity index (χ0) is 27.6. The van der Waals surface area contributed by atoms with Gasteiger partial charge in [0.15, 0.2) is 0 Å². The topological polar surface area (TPSA) is 97.8 Å². The smallest absolute Gasteiger partial charge is 0.345 e. The lowest BCUT2D eigenvalue weighted by Gasteiger charge is -2.21. The van der Waals surface area contributed by atoms with Crippen molar-refractivity contribution >= 4 is 23.5 Å². The Morgan fingerprint density at radius 1 is 0.821 bits per heavy atom. The largest absolute Gasteiger partial charge is 0.497 e. The second-order valence-electron chi connectivity index (χ2n) is 8.74. The Morgan fingerprint density at radius 3 is 2.10 bits per heavy atom. The molecule has 0 radical (unpaired) electrons. The Kier molecular flexibility index (Phi) is 9.03. The Hall–Kier alpha value is -4.98. The maximum Gasteiger partial charge on any atom is 0.345 e. The number of ether oxygens (including phenoxy) is 2. The molecule has 0 aliphatic carbocycles. The molecule has 8 nitrogen and oxygen atoms in total. The van der Waals surface area contributed by atoms with Crippen molar-refractivity contribution in [2.24, 2.45) is 0 Å². The van der Waals surface area contributed by atoms with Gasteiger partial charge in [0, 0.05) is 36.7 Å². The third-order valence-electron chi connectivity index (χ3n) is 6.01. The zero-order valence-electron chi connectivity index (χ0n) is 21.8. The fourth-order valence-electron chi connectivity index (χ4n) is 3.87. The van der Waals surface area contributed by atoms with Crippen LogP contribution in [-0.2, 0) is 17.8 Å². The number of carbonyl (C=O) groups excluding carboxylic acids is 3. The Bertz CT molecular complexity index is 1400. The molecular formula is C31H29N3O5. The van der Waals surface area contributed by atoms with E-state index in [1.54, 1.807) is 66.7 Å². The number of rotatable bonds is 10. The molecule has 1 heterocycles. The molecule has 4 aromatic rings. The number of esters is 1. The van der Waals surface area contributed by atoms with Gasteiger partial charge < -0.3 is 19.7 Å². The van der Waals surface area contributed by atoms with Crippen molar-refractivity contribution in [3.8, 4) is 11.5 Å². The first-order valence-electron chi connectivity index (χ1n) is 12.5. The summed E-state index contributed by atoms with van der Waals surface area (Å²) in [5, 5.41) is 2.86. The third kappa shape index (κ3) is 7.52. The average Bonchev–Trinajstić information content (AvgIpc) is 2.97. The first kappa shape index (κ1) is 27.1. The van der Waals surface area contributed by atoms with Crippen LogP contribution in [0.15, 0.2) is 97.3 Å². The first-order chi connectivity index (χ1) is 18.9. The van der Waals surface area contributed by atoms with Gasteiger partial charge >= 0.3 is 5.97 Å². The van der Waals surface area contributed by atoms with E-state index in [0.717, 1.165) is 16.9 Å². The van der Waals surface area contributed by atoms with Crippen LogP contribution in [0.2, 0.25) is 0 Å². The molecule has 4 rings (SSSR count). The molecule has 1 N–H and O–H groups in total. The highest BCUT2D eigenvalue weighted by molar-refractivity contribution is 5.96. The third-order valence-corrected chi connectivity index (χ3v) is 6.01. The highest BCUT2D eigenvalue weighted by atomic mass is 16.5.